The molecule has 0 fully saturated rings. The van der Waals surface area contributed by atoms with Crippen LogP contribution in [-0.4, -0.2) is 51.4 Å². The van der Waals surface area contributed by atoms with Gasteiger partial charge in [0, 0.05) is 0 Å². The van der Waals surface area contributed by atoms with Gasteiger partial charge in [0.1, 0.15) is 0 Å². The van der Waals surface area contributed by atoms with Crippen LogP contribution in [0.2, 0.25) is 0 Å². The average Bonchev–Trinajstić information content (AvgIpc) is 1.74. The summed E-state index contributed by atoms with van der Waals surface area (Å²) >= 11 is 0. The van der Waals surface area contributed by atoms with E-state index < -0.39 is 35.0 Å². The van der Waals surface area contributed by atoms with Crippen molar-refractivity contribution in [2.45, 2.75) is 5.40 Å². The minimum absolute atomic E-state index is 1.24. The Morgan fingerprint density at radius 2 is 0.938 bits per heavy atom. The third kappa shape index (κ3) is 12.4. The highest BCUT2D eigenvalue weighted by molar-refractivity contribution is 7.70. The maximum atomic E-state index is 10.3. The van der Waals surface area contributed by atoms with Gasteiger partial charge in [0.15, 0.2) is 5.40 Å². The maximum Gasteiger partial charge on any atom is 0.466 e. The number of aliphatic hydroxyl groups excluding tert-OH is 1. The molecule has 0 unspecified atom stereocenters. The first-order valence-electron chi connectivity index (χ1n) is 3.19. The number of hydrogen-bond acceptors (Lipinski definition) is 4. The van der Waals surface area contributed by atoms with Gasteiger partial charge >= 0.3 is 23.0 Å². The van der Waals surface area contributed by atoms with Crippen LogP contribution in [0.25, 0.3) is 0 Å². The highest BCUT2D eigenvalue weighted by Crippen LogP contribution is 2.59. The van der Waals surface area contributed by atoms with E-state index in [2.05, 4.69) is 0 Å². The number of phosphoric acid groups is 1. The lowest BCUT2D eigenvalue weighted by molar-refractivity contribution is 0.266. The molecular weight excluding hydrogens is 293 g/mol. The molecule has 16 heavy (non-hydrogen) atoms. The van der Waals surface area contributed by atoms with Crippen molar-refractivity contribution in [1.82, 2.24) is 0 Å². The molecule has 0 heterocycles. The second-order valence-electron chi connectivity index (χ2n) is 2.35. The molecule has 0 saturated heterocycles. The molecule has 0 aromatic rings. The standard InChI is InChI=1S/C2H8O7P2.H3O4P/c3-1-2(10(4,5)6)11(7,8)9;1-5(2,3)4/h2-3H,1H2,(H2,4,5,6)(H2,7,8,9);(H3,1,2,3,4). The van der Waals surface area contributed by atoms with Crippen LogP contribution in [0.15, 0.2) is 0 Å². The van der Waals surface area contributed by atoms with Crippen molar-refractivity contribution in [1.29, 1.82) is 0 Å². The summed E-state index contributed by atoms with van der Waals surface area (Å²) in [7, 11) is -14.5. The summed E-state index contributed by atoms with van der Waals surface area (Å²) < 4.78 is 29.4. The van der Waals surface area contributed by atoms with E-state index in [0.29, 0.717) is 0 Å². The fourth-order valence-corrected chi connectivity index (χ4v) is 2.40. The zero-order valence-electron chi connectivity index (χ0n) is 7.43. The Bertz CT molecular complexity index is 299. The van der Waals surface area contributed by atoms with Crippen molar-refractivity contribution in [3.05, 3.63) is 0 Å². The van der Waals surface area contributed by atoms with Gasteiger partial charge in [-0.3, -0.25) is 9.13 Å². The van der Waals surface area contributed by atoms with Crippen molar-refractivity contribution in [3.63, 3.8) is 0 Å². The topological polar surface area (TPSA) is 213 Å². The van der Waals surface area contributed by atoms with E-state index in [4.69, 9.17) is 43.9 Å². The summed E-state index contributed by atoms with van der Waals surface area (Å²) in [4.78, 5) is 54.7. The lowest BCUT2D eigenvalue weighted by Crippen LogP contribution is -2.13. The lowest BCUT2D eigenvalue weighted by Gasteiger charge is -2.16. The second-order valence-corrected chi connectivity index (χ2v) is 7.39. The largest absolute Gasteiger partial charge is 0.466 e. The van der Waals surface area contributed by atoms with Gasteiger partial charge in [0.05, 0.1) is 6.61 Å². The minimum atomic E-state index is -4.91. The molecule has 0 saturated carbocycles. The van der Waals surface area contributed by atoms with Crippen LogP contribution in [0, 0.1) is 0 Å². The molecule has 0 aromatic heterocycles. The van der Waals surface area contributed by atoms with E-state index in [1.807, 2.05) is 0 Å². The SMILES string of the molecule is O=P(O)(O)C(CO)P(=O)(O)O.O=P(O)(O)O. The quantitative estimate of drug-likeness (QED) is 0.260. The molecule has 0 aliphatic rings. The first-order chi connectivity index (χ1) is 6.69. The molecule has 14 heteroatoms. The predicted molar refractivity (Wildman–Crippen MR) is 49.2 cm³/mol. The molecule has 0 radical (unpaired) electrons. The van der Waals surface area contributed by atoms with Crippen LogP contribution < -0.4 is 0 Å². The first-order valence-corrected chi connectivity index (χ1v) is 8.12. The van der Waals surface area contributed by atoms with Gasteiger partial charge in [-0.05, 0) is 0 Å². The highest BCUT2D eigenvalue weighted by Gasteiger charge is 2.42. The molecule has 8 N–H and O–H groups in total. The summed E-state index contributed by atoms with van der Waals surface area (Å²) in [5, 5.41) is 5.92. The molecule has 100 valence electrons. The summed E-state index contributed by atoms with van der Waals surface area (Å²) in [6.45, 7) is -1.24. The third-order valence-corrected chi connectivity index (χ3v) is 4.62. The van der Waals surface area contributed by atoms with E-state index in [9.17, 15) is 9.13 Å². The molecule has 0 bridgehead atoms. The van der Waals surface area contributed by atoms with Crippen molar-refractivity contribution >= 4 is 23.0 Å². The van der Waals surface area contributed by atoms with Gasteiger partial charge in [-0.2, -0.15) is 0 Å². The summed E-state index contributed by atoms with van der Waals surface area (Å²) in [6.07, 6.45) is 0. The first kappa shape index (κ1) is 18.7. The van der Waals surface area contributed by atoms with Crippen LogP contribution >= 0.6 is 23.0 Å². The van der Waals surface area contributed by atoms with Crippen molar-refractivity contribution in [3.8, 4) is 0 Å². The van der Waals surface area contributed by atoms with Crippen LogP contribution in [0.5, 0.6) is 0 Å². The zero-order valence-corrected chi connectivity index (χ0v) is 10.1. The summed E-state index contributed by atoms with van der Waals surface area (Å²) in [5.41, 5.74) is 0. The van der Waals surface area contributed by atoms with Crippen LogP contribution in [-0.2, 0) is 13.7 Å². The van der Waals surface area contributed by atoms with E-state index in [-0.39, 0.29) is 0 Å². The number of hydrogen-bond donors (Lipinski definition) is 8. The Morgan fingerprint density at radius 1 is 0.750 bits per heavy atom. The monoisotopic (exact) mass is 304 g/mol. The Hall–Kier alpha value is 0.370. The molecule has 0 rings (SSSR count). The molecular formula is C2H11O11P3. The van der Waals surface area contributed by atoms with Crippen LogP contribution in [0.1, 0.15) is 0 Å². The number of aliphatic hydroxyl groups is 1. The third-order valence-electron chi connectivity index (χ3n) is 0.940. The summed E-state index contributed by atoms with van der Waals surface area (Å²) in [6, 6.07) is 0. The molecule has 0 atom stereocenters. The summed E-state index contributed by atoms with van der Waals surface area (Å²) in [5.74, 6) is 0. The van der Waals surface area contributed by atoms with Gasteiger partial charge in [-0.25, -0.2) is 4.57 Å². The lowest BCUT2D eigenvalue weighted by atomic mass is 10.9. The fraction of sp³-hybridized carbons (Fsp3) is 1.00. The molecule has 0 aliphatic heterocycles. The van der Waals surface area contributed by atoms with Crippen molar-refractivity contribution in [2.24, 2.45) is 0 Å². The second kappa shape index (κ2) is 6.34. The Kier molecular flexibility index (Phi) is 7.42. The van der Waals surface area contributed by atoms with E-state index in [0.717, 1.165) is 0 Å². The molecule has 0 spiro atoms. The smallest absolute Gasteiger partial charge is 0.395 e. The highest BCUT2D eigenvalue weighted by atomic mass is 31.2. The van der Waals surface area contributed by atoms with Crippen molar-refractivity contribution in [2.75, 3.05) is 6.61 Å². The van der Waals surface area contributed by atoms with Gasteiger partial charge in [0.2, 0.25) is 0 Å². The zero-order chi connectivity index (χ0) is 13.8. The fourth-order valence-electron chi connectivity index (χ4n) is 0.409. The van der Waals surface area contributed by atoms with Crippen molar-refractivity contribution < 1.29 is 53.1 Å². The molecule has 0 amide bonds. The molecule has 0 aromatic carbocycles. The maximum absolute atomic E-state index is 10.3. The Labute approximate surface area is 88.9 Å². The van der Waals surface area contributed by atoms with E-state index in [1.54, 1.807) is 0 Å². The average molecular weight is 304 g/mol. The van der Waals surface area contributed by atoms with E-state index in [1.165, 1.54) is 0 Å². The Balaban J connectivity index is 0. The normalized spacial score (nSPS) is 13.3. The predicted octanol–water partition coefficient (Wildman–Crippen LogP) is -2.27. The minimum Gasteiger partial charge on any atom is -0.395 e. The van der Waals surface area contributed by atoms with Gasteiger partial charge in [-0.1, -0.05) is 0 Å². The van der Waals surface area contributed by atoms with Gasteiger partial charge in [-0.15, -0.1) is 0 Å². The van der Waals surface area contributed by atoms with E-state index >= 15 is 0 Å². The molecule has 0 aliphatic carbocycles. The van der Waals surface area contributed by atoms with Gasteiger partial charge in [0.25, 0.3) is 0 Å². The van der Waals surface area contributed by atoms with Crippen LogP contribution in [0.3, 0.4) is 0 Å². The Morgan fingerprint density at radius 3 is 0.938 bits per heavy atom. The molecule has 11 nitrogen and oxygen atoms in total. The number of rotatable bonds is 3. The van der Waals surface area contributed by atoms with Crippen LogP contribution in [0.4, 0.5) is 0 Å². The van der Waals surface area contributed by atoms with Gasteiger partial charge < -0.3 is 39.4 Å².